The van der Waals surface area contributed by atoms with Crippen molar-refractivity contribution in [2.75, 3.05) is 6.54 Å². The highest BCUT2D eigenvalue weighted by Gasteiger charge is 1.92. The van der Waals surface area contributed by atoms with Gasteiger partial charge in [-0.15, -0.1) is 0 Å². The van der Waals surface area contributed by atoms with Gasteiger partial charge in [-0.25, -0.2) is 0 Å². The van der Waals surface area contributed by atoms with E-state index in [4.69, 9.17) is 0 Å². The quantitative estimate of drug-likeness (QED) is 0.792. The average Bonchev–Trinajstić information content (AvgIpc) is 2.28. The molecule has 0 aliphatic heterocycles. The molecule has 0 saturated heterocycles. The highest BCUT2D eigenvalue weighted by molar-refractivity contribution is 5.11. The van der Waals surface area contributed by atoms with Crippen LogP contribution in [0.1, 0.15) is 39.2 Å². The van der Waals surface area contributed by atoms with Gasteiger partial charge in [-0.3, -0.25) is 0 Å². The van der Waals surface area contributed by atoms with Crippen molar-refractivity contribution >= 4 is 0 Å². The van der Waals surface area contributed by atoms with Crippen LogP contribution < -0.4 is 5.32 Å². The van der Waals surface area contributed by atoms with E-state index in [1.165, 1.54) is 18.4 Å². The normalized spacial score (nSPS) is 11.5. The van der Waals surface area contributed by atoms with Crippen molar-refractivity contribution in [3.05, 3.63) is 35.9 Å². The summed E-state index contributed by atoms with van der Waals surface area (Å²) in [6.45, 7) is 9.85. The molecule has 1 rings (SSSR count). The van der Waals surface area contributed by atoms with Crippen LogP contribution in [0.4, 0.5) is 0 Å². The third-order valence-corrected chi connectivity index (χ3v) is 2.30. The summed E-state index contributed by atoms with van der Waals surface area (Å²) in [5.41, 5.74) is 1.32. The highest BCUT2D eigenvalue weighted by atomic mass is 14.9. The molecule has 0 radical (unpaired) electrons. The minimum atomic E-state index is 0.704. The molecule has 0 spiro atoms. The second-order valence-corrected chi connectivity index (χ2v) is 3.92. The number of benzene rings is 1. The molecule has 0 aromatic heterocycles. The Bertz CT molecular complexity index is 218. The molecule has 0 bridgehead atoms. The number of nitrogens with one attached hydrogen (secondary N) is 1. The molecule has 1 aromatic carbocycles. The van der Waals surface area contributed by atoms with Gasteiger partial charge in [0.25, 0.3) is 0 Å². The Morgan fingerprint density at radius 3 is 2.07 bits per heavy atom. The van der Waals surface area contributed by atoms with Gasteiger partial charge in [0.2, 0.25) is 0 Å². The van der Waals surface area contributed by atoms with E-state index in [1.807, 2.05) is 18.2 Å². The first-order valence-corrected chi connectivity index (χ1v) is 5.95. The number of hydrogen-bond donors (Lipinski definition) is 1. The second kappa shape index (κ2) is 9.72. The molecule has 0 aliphatic rings. The predicted octanol–water partition coefficient (Wildman–Crippen LogP) is 3.78. The monoisotopic (exact) mass is 207 g/mol. The maximum absolute atomic E-state index is 3.38. The van der Waals surface area contributed by atoms with Crippen LogP contribution in [0.2, 0.25) is 0 Å². The van der Waals surface area contributed by atoms with E-state index >= 15 is 0 Å². The Morgan fingerprint density at radius 1 is 1.13 bits per heavy atom. The first kappa shape index (κ1) is 14.2. The smallest absolute Gasteiger partial charge is 0.00360 e. The summed E-state index contributed by atoms with van der Waals surface area (Å²) in [6, 6.07) is 11.0. The molecular formula is C14H25N. The van der Waals surface area contributed by atoms with Gasteiger partial charge in [-0.1, -0.05) is 49.7 Å². The van der Waals surface area contributed by atoms with Crippen LogP contribution in [-0.2, 0) is 0 Å². The maximum Gasteiger partial charge on any atom is 0.00360 e. The van der Waals surface area contributed by atoms with Gasteiger partial charge < -0.3 is 5.32 Å². The summed E-state index contributed by atoms with van der Waals surface area (Å²) < 4.78 is 0. The lowest BCUT2D eigenvalue weighted by Gasteiger charge is -2.08. The van der Waals surface area contributed by atoms with Gasteiger partial charge in [0, 0.05) is 6.04 Å². The lowest BCUT2D eigenvalue weighted by atomic mass is 10.2. The minimum Gasteiger partial charge on any atom is -0.314 e. The van der Waals surface area contributed by atoms with E-state index in [1.54, 1.807) is 0 Å². The number of hydrogen-bond acceptors (Lipinski definition) is 1. The summed E-state index contributed by atoms with van der Waals surface area (Å²) in [6.07, 6.45) is 2.48. The fraction of sp³-hybridized carbons (Fsp3) is 0.571. The zero-order chi connectivity index (χ0) is 11.5. The third-order valence-electron chi connectivity index (χ3n) is 2.30. The SMILES string of the molecule is CCCNC(C)CC.Cc1ccccc1. The van der Waals surface area contributed by atoms with Crippen LogP contribution >= 0.6 is 0 Å². The van der Waals surface area contributed by atoms with Crippen molar-refractivity contribution in [3.8, 4) is 0 Å². The fourth-order valence-electron chi connectivity index (χ4n) is 1.07. The molecule has 15 heavy (non-hydrogen) atoms. The fourth-order valence-corrected chi connectivity index (χ4v) is 1.07. The zero-order valence-corrected chi connectivity index (χ0v) is 10.6. The maximum atomic E-state index is 3.38. The molecule has 0 saturated carbocycles. The molecule has 1 heteroatoms. The van der Waals surface area contributed by atoms with Crippen LogP contribution in [0.5, 0.6) is 0 Å². The van der Waals surface area contributed by atoms with Gasteiger partial charge in [-0.05, 0) is 33.2 Å². The number of rotatable bonds is 4. The zero-order valence-electron chi connectivity index (χ0n) is 10.6. The summed E-state index contributed by atoms with van der Waals surface area (Å²) in [7, 11) is 0. The van der Waals surface area contributed by atoms with E-state index in [2.05, 4.69) is 45.1 Å². The van der Waals surface area contributed by atoms with Gasteiger partial charge in [-0.2, -0.15) is 0 Å². The van der Waals surface area contributed by atoms with Crippen LogP contribution in [0.25, 0.3) is 0 Å². The second-order valence-electron chi connectivity index (χ2n) is 3.92. The van der Waals surface area contributed by atoms with Crippen LogP contribution in [0.15, 0.2) is 30.3 Å². The van der Waals surface area contributed by atoms with E-state index in [0.29, 0.717) is 6.04 Å². The van der Waals surface area contributed by atoms with Crippen molar-refractivity contribution < 1.29 is 0 Å². The summed E-state index contributed by atoms with van der Waals surface area (Å²) in [5, 5.41) is 3.38. The van der Waals surface area contributed by atoms with Gasteiger partial charge >= 0.3 is 0 Å². The highest BCUT2D eigenvalue weighted by Crippen LogP contribution is 1.92. The summed E-state index contributed by atoms with van der Waals surface area (Å²) >= 11 is 0. The lowest BCUT2D eigenvalue weighted by Crippen LogP contribution is -2.25. The van der Waals surface area contributed by atoms with Gasteiger partial charge in [0.1, 0.15) is 0 Å². The Balaban J connectivity index is 0.000000262. The Morgan fingerprint density at radius 2 is 1.73 bits per heavy atom. The molecule has 1 N–H and O–H groups in total. The van der Waals surface area contributed by atoms with Crippen molar-refractivity contribution in [2.45, 2.75) is 46.6 Å². The Hall–Kier alpha value is -0.820. The molecular weight excluding hydrogens is 182 g/mol. The molecule has 1 aromatic rings. The van der Waals surface area contributed by atoms with Crippen LogP contribution in [0.3, 0.4) is 0 Å². The van der Waals surface area contributed by atoms with Gasteiger partial charge in [0.15, 0.2) is 0 Å². The van der Waals surface area contributed by atoms with Crippen molar-refractivity contribution in [2.24, 2.45) is 0 Å². The molecule has 0 aliphatic carbocycles. The molecule has 1 nitrogen and oxygen atoms in total. The molecule has 0 fully saturated rings. The molecule has 1 unspecified atom stereocenters. The van der Waals surface area contributed by atoms with Crippen molar-refractivity contribution in [1.29, 1.82) is 0 Å². The lowest BCUT2D eigenvalue weighted by molar-refractivity contribution is 0.533. The van der Waals surface area contributed by atoms with Crippen LogP contribution in [0, 0.1) is 6.92 Å². The summed E-state index contributed by atoms with van der Waals surface area (Å²) in [5.74, 6) is 0. The first-order chi connectivity index (χ1) is 7.20. The Kier molecular flexibility index (Phi) is 9.19. The standard InChI is InChI=1S/C7H17N.C7H8/c1-4-6-8-7(3)5-2;1-7-5-3-2-4-6-7/h7-8H,4-6H2,1-3H3;2-6H,1H3. The van der Waals surface area contributed by atoms with E-state index in [0.717, 1.165) is 6.54 Å². The van der Waals surface area contributed by atoms with Crippen molar-refractivity contribution in [1.82, 2.24) is 5.32 Å². The molecule has 1 atom stereocenters. The largest absolute Gasteiger partial charge is 0.314 e. The summed E-state index contributed by atoms with van der Waals surface area (Å²) in [4.78, 5) is 0. The van der Waals surface area contributed by atoms with Gasteiger partial charge in [0.05, 0.1) is 0 Å². The van der Waals surface area contributed by atoms with E-state index in [-0.39, 0.29) is 0 Å². The molecule has 0 heterocycles. The Labute approximate surface area is 94.9 Å². The van der Waals surface area contributed by atoms with E-state index in [9.17, 15) is 0 Å². The number of aryl methyl sites for hydroxylation is 1. The third kappa shape index (κ3) is 9.48. The topological polar surface area (TPSA) is 12.0 Å². The van der Waals surface area contributed by atoms with Crippen LogP contribution in [-0.4, -0.2) is 12.6 Å². The first-order valence-electron chi connectivity index (χ1n) is 5.95. The predicted molar refractivity (Wildman–Crippen MR) is 69.2 cm³/mol. The van der Waals surface area contributed by atoms with Crippen molar-refractivity contribution in [3.63, 3.8) is 0 Å². The van der Waals surface area contributed by atoms with E-state index < -0.39 is 0 Å². The molecule has 0 amide bonds. The average molecular weight is 207 g/mol. The minimum absolute atomic E-state index is 0.704. The molecule has 86 valence electrons.